The maximum Gasteiger partial charge on any atom is 0.573 e. The molecule has 0 fully saturated rings. The van der Waals surface area contributed by atoms with E-state index in [1.54, 1.807) is 30.1 Å². The van der Waals surface area contributed by atoms with E-state index in [2.05, 4.69) is 25.1 Å². The highest BCUT2D eigenvalue weighted by molar-refractivity contribution is 7.19. The molecule has 7 nitrogen and oxygen atoms in total. The molecule has 0 amide bonds. The molecule has 3 heterocycles. The van der Waals surface area contributed by atoms with Crippen molar-refractivity contribution in [1.29, 1.82) is 0 Å². The third-order valence-corrected chi connectivity index (χ3v) is 4.56. The molecule has 0 aliphatic carbocycles. The molecule has 0 radical (unpaired) electrons. The van der Waals surface area contributed by atoms with E-state index in [9.17, 15) is 13.2 Å². The van der Waals surface area contributed by atoms with Crippen molar-refractivity contribution in [2.45, 2.75) is 12.8 Å². The van der Waals surface area contributed by atoms with Gasteiger partial charge in [-0.3, -0.25) is 4.68 Å². The minimum absolute atomic E-state index is 0.0992. The quantitative estimate of drug-likeness (QED) is 0.544. The summed E-state index contributed by atoms with van der Waals surface area (Å²) in [6.45, 7) is 0. The van der Waals surface area contributed by atoms with Crippen molar-refractivity contribution in [2.24, 2.45) is 7.05 Å². The molecule has 0 N–H and O–H groups in total. The number of hydrogen-bond acceptors (Lipinski definition) is 6. The molecule has 11 heteroatoms. The molecule has 0 bridgehead atoms. The van der Waals surface area contributed by atoms with Crippen molar-refractivity contribution in [3.05, 3.63) is 47.9 Å². The Hall–Kier alpha value is -2.95. The molecular formula is C15H11F3N6OS. The Labute approximate surface area is 148 Å². The molecule has 3 aromatic heterocycles. The highest BCUT2D eigenvalue weighted by atomic mass is 32.1. The van der Waals surface area contributed by atoms with Crippen LogP contribution in [0.15, 0.2) is 36.5 Å². The van der Waals surface area contributed by atoms with Crippen LogP contribution in [-0.4, -0.2) is 36.0 Å². The van der Waals surface area contributed by atoms with Gasteiger partial charge < -0.3 is 4.74 Å². The normalized spacial score (nSPS) is 12.0. The van der Waals surface area contributed by atoms with Gasteiger partial charge in [0.15, 0.2) is 10.8 Å². The van der Waals surface area contributed by atoms with Gasteiger partial charge in [-0.1, -0.05) is 29.5 Å². The molecule has 134 valence electrons. The van der Waals surface area contributed by atoms with E-state index in [4.69, 9.17) is 0 Å². The molecule has 0 aliphatic heterocycles. The lowest BCUT2D eigenvalue weighted by Crippen LogP contribution is -2.18. The Kier molecular flexibility index (Phi) is 3.87. The number of nitrogens with zero attached hydrogens (tertiary/aromatic N) is 6. The Bertz CT molecular complexity index is 1070. The monoisotopic (exact) mass is 380 g/mol. The molecule has 0 atom stereocenters. The van der Waals surface area contributed by atoms with E-state index < -0.39 is 6.36 Å². The molecule has 0 saturated heterocycles. The van der Waals surface area contributed by atoms with Gasteiger partial charge in [0.05, 0.1) is 5.69 Å². The van der Waals surface area contributed by atoms with Gasteiger partial charge in [-0.2, -0.15) is 14.7 Å². The summed E-state index contributed by atoms with van der Waals surface area (Å²) in [5, 5.41) is 17.3. The average Bonchev–Trinajstić information content (AvgIpc) is 3.24. The zero-order valence-corrected chi connectivity index (χ0v) is 14.1. The lowest BCUT2D eigenvalue weighted by atomic mass is 10.1. The number of ether oxygens (including phenoxy) is 1. The molecule has 0 unspecified atom stereocenters. The topological polar surface area (TPSA) is 70.1 Å². The molecule has 0 aliphatic rings. The van der Waals surface area contributed by atoms with Crippen LogP contribution in [0.2, 0.25) is 0 Å². The van der Waals surface area contributed by atoms with E-state index in [0.717, 1.165) is 5.69 Å². The van der Waals surface area contributed by atoms with Crippen LogP contribution in [-0.2, 0) is 13.5 Å². The minimum Gasteiger partial charge on any atom is -0.405 e. The van der Waals surface area contributed by atoms with Crippen LogP contribution in [0.1, 0.15) is 11.4 Å². The van der Waals surface area contributed by atoms with Gasteiger partial charge in [-0.25, -0.2) is 0 Å². The first kappa shape index (κ1) is 16.5. The second-order valence-corrected chi connectivity index (χ2v) is 6.35. The number of halogens is 3. The fourth-order valence-electron chi connectivity index (χ4n) is 2.50. The standard InChI is InChI=1S/C15H11F3N6OS/c1-23-10(6-7-19-23)13-22-24-12(20-21-14(24)26-13)8-9-4-2-3-5-11(9)25-15(16,17)18/h2-7H,8H2,1H3. The highest BCUT2D eigenvalue weighted by Crippen LogP contribution is 2.29. The first-order valence-electron chi connectivity index (χ1n) is 7.44. The number of benzene rings is 1. The molecule has 26 heavy (non-hydrogen) atoms. The Morgan fingerprint density at radius 2 is 1.96 bits per heavy atom. The SMILES string of the molecule is Cn1nccc1-c1nn2c(Cc3ccccc3OC(F)(F)F)nnc2s1. The number of alkyl halides is 3. The van der Waals surface area contributed by atoms with Gasteiger partial charge in [0.25, 0.3) is 0 Å². The molecule has 4 rings (SSSR count). The third kappa shape index (κ3) is 3.12. The van der Waals surface area contributed by atoms with Crippen molar-refractivity contribution in [3.8, 4) is 16.5 Å². The first-order valence-corrected chi connectivity index (χ1v) is 8.25. The molecule has 0 spiro atoms. The summed E-state index contributed by atoms with van der Waals surface area (Å²) in [4.78, 5) is 0.547. The Morgan fingerprint density at radius 1 is 1.15 bits per heavy atom. The van der Waals surface area contributed by atoms with Crippen molar-refractivity contribution in [3.63, 3.8) is 0 Å². The first-order chi connectivity index (χ1) is 12.4. The van der Waals surface area contributed by atoms with Crippen LogP contribution in [0.5, 0.6) is 5.75 Å². The third-order valence-electron chi connectivity index (χ3n) is 3.64. The van der Waals surface area contributed by atoms with E-state index >= 15 is 0 Å². The number of hydrogen-bond donors (Lipinski definition) is 0. The average molecular weight is 380 g/mol. The molecule has 1 aromatic carbocycles. The summed E-state index contributed by atoms with van der Waals surface area (Å²) < 4.78 is 45.0. The number of rotatable bonds is 4. The van der Waals surface area contributed by atoms with E-state index in [0.29, 0.717) is 21.4 Å². The maximum atomic E-state index is 12.6. The lowest BCUT2D eigenvalue weighted by Gasteiger charge is -2.12. The smallest absolute Gasteiger partial charge is 0.405 e. The van der Waals surface area contributed by atoms with Crippen LogP contribution in [0.3, 0.4) is 0 Å². The maximum absolute atomic E-state index is 12.6. The lowest BCUT2D eigenvalue weighted by molar-refractivity contribution is -0.274. The van der Waals surface area contributed by atoms with Gasteiger partial charge in [-0.15, -0.1) is 23.4 Å². The van der Waals surface area contributed by atoms with E-state index in [1.807, 2.05) is 6.07 Å². The van der Waals surface area contributed by atoms with Crippen LogP contribution < -0.4 is 4.74 Å². The fraction of sp³-hybridized carbons (Fsp3) is 0.200. The van der Waals surface area contributed by atoms with Crippen molar-refractivity contribution in [2.75, 3.05) is 0 Å². The highest BCUT2D eigenvalue weighted by Gasteiger charge is 2.32. The number of fused-ring (bicyclic) bond motifs is 1. The summed E-state index contributed by atoms with van der Waals surface area (Å²) in [6, 6.07) is 7.75. The predicted octanol–water partition coefficient (Wildman–Crippen LogP) is 3.08. The number of aromatic nitrogens is 6. The van der Waals surface area contributed by atoms with Crippen molar-refractivity contribution < 1.29 is 17.9 Å². The van der Waals surface area contributed by atoms with Gasteiger partial charge in [0, 0.05) is 25.2 Å². The van der Waals surface area contributed by atoms with E-state index in [-0.39, 0.29) is 12.2 Å². The Morgan fingerprint density at radius 3 is 2.69 bits per heavy atom. The molecule has 0 saturated carbocycles. The summed E-state index contributed by atoms with van der Waals surface area (Å²) in [5.74, 6) is 0.154. The zero-order chi connectivity index (χ0) is 18.3. The predicted molar refractivity (Wildman–Crippen MR) is 86.8 cm³/mol. The van der Waals surface area contributed by atoms with E-state index in [1.165, 1.54) is 28.0 Å². The van der Waals surface area contributed by atoms with Crippen LogP contribution in [0, 0.1) is 0 Å². The second-order valence-electron chi connectivity index (χ2n) is 5.39. The molecular weight excluding hydrogens is 369 g/mol. The molecule has 4 aromatic rings. The zero-order valence-electron chi connectivity index (χ0n) is 13.3. The van der Waals surface area contributed by atoms with Crippen LogP contribution in [0.4, 0.5) is 13.2 Å². The minimum atomic E-state index is -4.76. The van der Waals surface area contributed by atoms with Gasteiger partial charge >= 0.3 is 6.36 Å². The largest absolute Gasteiger partial charge is 0.573 e. The summed E-state index contributed by atoms with van der Waals surface area (Å²) >= 11 is 1.32. The van der Waals surface area contributed by atoms with Crippen LogP contribution >= 0.6 is 11.3 Å². The number of para-hydroxylation sites is 1. The van der Waals surface area contributed by atoms with Crippen molar-refractivity contribution >= 4 is 16.3 Å². The summed E-state index contributed by atoms with van der Waals surface area (Å²) in [7, 11) is 1.80. The fourth-order valence-corrected chi connectivity index (χ4v) is 3.41. The number of aryl methyl sites for hydroxylation is 1. The van der Waals surface area contributed by atoms with Gasteiger partial charge in [0.1, 0.15) is 5.75 Å². The van der Waals surface area contributed by atoms with Gasteiger partial charge in [0.2, 0.25) is 4.96 Å². The summed E-state index contributed by atoms with van der Waals surface area (Å²) in [6.07, 6.45) is -3.01. The Balaban J connectivity index is 1.69. The summed E-state index contributed by atoms with van der Waals surface area (Å²) in [5.41, 5.74) is 1.15. The van der Waals surface area contributed by atoms with Crippen LogP contribution in [0.25, 0.3) is 15.7 Å². The van der Waals surface area contributed by atoms with Crippen molar-refractivity contribution in [1.82, 2.24) is 29.6 Å². The van der Waals surface area contributed by atoms with Gasteiger partial charge in [-0.05, 0) is 12.1 Å². The second kappa shape index (κ2) is 6.09.